The summed E-state index contributed by atoms with van der Waals surface area (Å²) >= 11 is 0. The summed E-state index contributed by atoms with van der Waals surface area (Å²) < 4.78 is 10.7. The Kier molecular flexibility index (Phi) is 6.85. The van der Waals surface area contributed by atoms with Gasteiger partial charge in [-0.3, -0.25) is 10.1 Å². The lowest BCUT2D eigenvalue weighted by atomic mass is 10.2. The minimum atomic E-state index is -0.453. The molecule has 1 aliphatic rings. The number of rotatable bonds is 8. The van der Waals surface area contributed by atoms with Gasteiger partial charge in [-0.25, -0.2) is 5.43 Å². The Balaban J connectivity index is 1.57. The minimum Gasteiger partial charge on any atom is -0.496 e. The summed E-state index contributed by atoms with van der Waals surface area (Å²) in [5.74, 6) is 1.67. The number of nitro groups is 1. The van der Waals surface area contributed by atoms with E-state index in [0.29, 0.717) is 43.7 Å². The molecule has 33 heavy (non-hydrogen) atoms. The van der Waals surface area contributed by atoms with Crippen LogP contribution in [-0.2, 0) is 4.74 Å². The second kappa shape index (κ2) is 10.3. The molecule has 0 saturated carbocycles. The maximum absolute atomic E-state index is 10.9. The summed E-state index contributed by atoms with van der Waals surface area (Å²) in [5, 5.41) is 18.2. The molecule has 2 heterocycles. The number of nitro benzene ring substituents is 1. The van der Waals surface area contributed by atoms with Crippen LogP contribution in [0, 0.1) is 10.1 Å². The monoisotopic (exact) mass is 450 g/mol. The van der Waals surface area contributed by atoms with Crippen LogP contribution in [0.2, 0.25) is 0 Å². The van der Waals surface area contributed by atoms with Gasteiger partial charge in [0, 0.05) is 36.5 Å². The minimum absolute atomic E-state index is 0.00163. The van der Waals surface area contributed by atoms with Gasteiger partial charge in [0.25, 0.3) is 5.69 Å². The number of morpholine rings is 1. The number of anilines is 4. The molecule has 12 nitrogen and oxygen atoms in total. The molecule has 0 aliphatic carbocycles. The van der Waals surface area contributed by atoms with Gasteiger partial charge in [0.2, 0.25) is 17.8 Å². The highest BCUT2D eigenvalue weighted by molar-refractivity contribution is 5.83. The number of para-hydroxylation sites is 1. The second-order valence-corrected chi connectivity index (χ2v) is 6.92. The average molecular weight is 450 g/mol. The summed E-state index contributed by atoms with van der Waals surface area (Å²) in [6, 6.07) is 13.5. The fourth-order valence-corrected chi connectivity index (χ4v) is 3.10. The lowest BCUT2D eigenvalue weighted by Crippen LogP contribution is -2.37. The predicted octanol–water partition coefficient (Wildman–Crippen LogP) is 2.81. The first-order chi connectivity index (χ1) is 16.1. The molecule has 0 amide bonds. The van der Waals surface area contributed by atoms with Gasteiger partial charge in [0.15, 0.2) is 0 Å². The van der Waals surface area contributed by atoms with Crippen LogP contribution in [0.3, 0.4) is 0 Å². The molecule has 170 valence electrons. The summed E-state index contributed by atoms with van der Waals surface area (Å²) in [5.41, 5.74) is 4.23. The highest BCUT2D eigenvalue weighted by atomic mass is 16.6. The first-order valence-corrected chi connectivity index (χ1v) is 10.1. The standard InChI is InChI=1S/C21H22N8O4/c1-32-18-5-3-2-4-15(18)14-22-27-20-24-19(23-16-6-8-17(9-7-16)29(30)31)25-21(26-20)28-10-12-33-13-11-28/h2-9,14H,10-13H2,1H3,(H2,23,24,25,26,27). The molecule has 2 N–H and O–H groups in total. The highest BCUT2D eigenvalue weighted by Gasteiger charge is 2.17. The molecule has 1 fully saturated rings. The van der Waals surface area contributed by atoms with Gasteiger partial charge in [-0.15, -0.1) is 0 Å². The Morgan fingerprint density at radius 2 is 1.82 bits per heavy atom. The number of nitrogens with one attached hydrogen (secondary N) is 2. The molecule has 0 spiro atoms. The lowest BCUT2D eigenvalue weighted by molar-refractivity contribution is -0.384. The predicted molar refractivity (Wildman–Crippen MR) is 123 cm³/mol. The fourth-order valence-electron chi connectivity index (χ4n) is 3.10. The molecule has 0 bridgehead atoms. The zero-order chi connectivity index (χ0) is 23.0. The van der Waals surface area contributed by atoms with E-state index in [1.807, 2.05) is 29.2 Å². The smallest absolute Gasteiger partial charge is 0.269 e. The van der Waals surface area contributed by atoms with Crippen molar-refractivity contribution in [3.63, 3.8) is 0 Å². The van der Waals surface area contributed by atoms with Crippen LogP contribution in [-0.4, -0.2) is 59.5 Å². The Morgan fingerprint density at radius 3 is 2.55 bits per heavy atom. The average Bonchev–Trinajstić information content (AvgIpc) is 2.85. The van der Waals surface area contributed by atoms with Crippen LogP contribution in [0.4, 0.5) is 29.2 Å². The molecule has 0 atom stereocenters. The number of hydrogen-bond donors (Lipinski definition) is 2. The third kappa shape index (κ3) is 5.68. The summed E-state index contributed by atoms with van der Waals surface area (Å²) in [6.07, 6.45) is 1.61. The largest absolute Gasteiger partial charge is 0.496 e. The van der Waals surface area contributed by atoms with E-state index in [1.54, 1.807) is 25.5 Å². The van der Waals surface area contributed by atoms with Crippen molar-refractivity contribution in [1.29, 1.82) is 0 Å². The molecule has 1 aromatic heterocycles. The van der Waals surface area contributed by atoms with Gasteiger partial charge in [0.05, 0.1) is 31.5 Å². The number of non-ortho nitro benzene ring substituents is 1. The lowest BCUT2D eigenvalue weighted by Gasteiger charge is -2.27. The fraction of sp³-hybridized carbons (Fsp3) is 0.238. The molecule has 0 unspecified atom stereocenters. The summed E-state index contributed by atoms with van der Waals surface area (Å²) in [6.45, 7) is 2.44. The molecule has 1 saturated heterocycles. The van der Waals surface area contributed by atoms with E-state index in [9.17, 15) is 10.1 Å². The Bertz CT molecular complexity index is 1130. The Hall–Kier alpha value is -4.32. The number of hydrogen-bond acceptors (Lipinski definition) is 11. The molecular weight excluding hydrogens is 428 g/mol. The first-order valence-electron chi connectivity index (χ1n) is 10.1. The van der Waals surface area contributed by atoms with Gasteiger partial charge in [-0.05, 0) is 24.3 Å². The van der Waals surface area contributed by atoms with Crippen LogP contribution < -0.4 is 20.4 Å². The van der Waals surface area contributed by atoms with Gasteiger partial charge < -0.3 is 19.7 Å². The van der Waals surface area contributed by atoms with Crippen molar-refractivity contribution in [2.45, 2.75) is 0 Å². The van der Waals surface area contributed by atoms with E-state index in [4.69, 9.17) is 9.47 Å². The van der Waals surface area contributed by atoms with Crippen molar-refractivity contribution in [2.75, 3.05) is 49.1 Å². The van der Waals surface area contributed by atoms with E-state index < -0.39 is 4.92 Å². The molecule has 3 aromatic rings. The molecule has 2 aromatic carbocycles. The number of benzene rings is 2. The third-order valence-corrected chi connectivity index (χ3v) is 4.76. The molecular formula is C21H22N8O4. The number of ether oxygens (including phenoxy) is 2. The molecule has 12 heteroatoms. The zero-order valence-electron chi connectivity index (χ0n) is 17.8. The van der Waals surface area contributed by atoms with Crippen molar-refractivity contribution >= 4 is 35.4 Å². The van der Waals surface area contributed by atoms with Crippen LogP contribution in [0.1, 0.15) is 5.56 Å². The Labute approximate surface area is 189 Å². The molecule has 0 radical (unpaired) electrons. The van der Waals surface area contributed by atoms with Crippen LogP contribution in [0.15, 0.2) is 53.6 Å². The summed E-state index contributed by atoms with van der Waals surface area (Å²) in [4.78, 5) is 25.8. The molecule has 1 aliphatic heterocycles. The van der Waals surface area contributed by atoms with Crippen molar-refractivity contribution < 1.29 is 14.4 Å². The number of methoxy groups -OCH3 is 1. The van der Waals surface area contributed by atoms with E-state index >= 15 is 0 Å². The maximum Gasteiger partial charge on any atom is 0.269 e. The number of nitrogens with zero attached hydrogens (tertiary/aromatic N) is 6. The second-order valence-electron chi connectivity index (χ2n) is 6.92. The van der Waals surface area contributed by atoms with E-state index in [0.717, 1.165) is 5.56 Å². The van der Waals surface area contributed by atoms with E-state index in [-0.39, 0.29) is 17.6 Å². The topological polar surface area (TPSA) is 140 Å². The van der Waals surface area contributed by atoms with Crippen LogP contribution in [0.5, 0.6) is 5.75 Å². The van der Waals surface area contributed by atoms with Gasteiger partial charge in [-0.2, -0.15) is 20.1 Å². The number of hydrazone groups is 1. The van der Waals surface area contributed by atoms with Crippen molar-refractivity contribution in [1.82, 2.24) is 15.0 Å². The van der Waals surface area contributed by atoms with Crippen LogP contribution >= 0.6 is 0 Å². The first kappa shape index (κ1) is 21.9. The summed E-state index contributed by atoms with van der Waals surface area (Å²) in [7, 11) is 1.59. The normalized spacial score (nSPS) is 13.7. The SMILES string of the molecule is COc1ccccc1C=NNc1nc(Nc2ccc([N+](=O)[O-])cc2)nc(N2CCOCC2)n1. The molecule has 4 rings (SSSR count). The van der Waals surface area contributed by atoms with Crippen molar-refractivity contribution in [3.8, 4) is 5.75 Å². The zero-order valence-corrected chi connectivity index (χ0v) is 17.8. The van der Waals surface area contributed by atoms with Crippen molar-refractivity contribution in [2.24, 2.45) is 5.10 Å². The van der Waals surface area contributed by atoms with E-state index in [2.05, 4.69) is 30.8 Å². The van der Waals surface area contributed by atoms with Gasteiger partial charge >= 0.3 is 0 Å². The third-order valence-electron chi connectivity index (χ3n) is 4.76. The highest BCUT2D eigenvalue weighted by Crippen LogP contribution is 2.21. The van der Waals surface area contributed by atoms with Crippen LogP contribution in [0.25, 0.3) is 0 Å². The van der Waals surface area contributed by atoms with E-state index in [1.165, 1.54) is 12.1 Å². The maximum atomic E-state index is 10.9. The van der Waals surface area contributed by atoms with Gasteiger partial charge in [-0.1, -0.05) is 12.1 Å². The Morgan fingerprint density at radius 1 is 1.09 bits per heavy atom. The van der Waals surface area contributed by atoms with Crippen molar-refractivity contribution in [3.05, 3.63) is 64.2 Å². The number of aromatic nitrogens is 3. The quantitative estimate of drug-likeness (QED) is 0.299. The van der Waals surface area contributed by atoms with Gasteiger partial charge in [0.1, 0.15) is 5.75 Å².